The van der Waals surface area contributed by atoms with Crippen molar-refractivity contribution in [2.45, 2.75) is 12.5 Å². The number of H-pyrrole nitrogens is 1. The van der Waals surface area contributed by atoms with Crippen LogP contribution in [0.25, 0.3) is 16.8 Å². The summed E-state index contributed by atoms with van der Waals surface area (Å²) < 4.78 is 1.58. The highest BCUT2D eigenvalue weighted by Gasteiger charge is 2.18. The second-order valence-corrected chi connectivity index (χ2v) is 5.23. The first-order valence-electron chi connectivity index (χ1n) is 7.11. The Bertz CT molecular complexity index is 836. The Morgan fingerprint density at radius 2 is 2.36 bits per heavy atom. The summed E-state index contributed by atoms with van der Waals surface area (Å²) in [5, 5.41) is 27.2. The van der Waals surface area contributed by atoms with Gasteiger partial charge in [0.15, 0.2) is 11.3 Å². The summed E-state index contributed by atoms with van der Waals surface area (Å²) in [6.45, 7) is 1.90. The molecule has 3 N–H and O–H groups in total. The van der Waals surface area contributed by atoms with Crippen molar-refractivity contribution in [1.82, 2.24) is 30.1 Å². The Hall–Kier alpha value is -2.92. The number of hydrogen-bond donors (Lipinski definition) is 3. The molecule has 4 rings (SSSR count). The number of pyridine rings is 1. The van der Waals surface area contributed by atoms with E-state index in [0.717, 1.165) is 30.6 Å². The van der Waals surface area contributed by atoms with Crippen molar-refractivity contribution in [3.8, 4) is 17.2 Å². The summed E-state index contributed by atoms with van der Waals surface area (Å²) in [4.78, 5) is 4.45. The van der Waals surface area contributed by atoms with Gasteiger partial charge in [0, 0.05) is 29.9 Å². The number of aromatic nitrogens is 5. The highest BCUT2D eigenvalue weighted by Crippen LogP contribution is 2.23. The predicted octanol–water partition coefficient (Wildman–Crippen LogP) is 0.765. The molecule has 110 valence electrons. The molecular formula is C14H14N8. The first-order chi connectivity index (χ1) is 10.8. The minimum atomic E-state index is 0.330. The van der Waals surface area contributed by atoms with Gasteiger partial charge in [-0.2, -0.15) is 15.3 Å². The Labute approximate surface area is 126 Å². The van der Waals surface area contributed by atoms with Crippen molar-refractivity contribution in [2.75, 3.05) is 18.4 Å². The van der Waals surface area contributed by atoms with E-state index >= 15 is 0 Å². The zero-order chi connectivity index (χ0) is 14.9. The summed E-state index contributed by atoms with van der Waals surface area (Å²) in [6.07, 6.45) is 4.48. The standard InChI is InChI=1S/C14H14N8/c15-5-12-11(9-6-17-18-7-9)1-2-13-20-14(21-22(12)13)19-10-3-4-16-8-10/h1-2,6-7,10,16H,3-4,8H2,(H,17,18)(H,19,21). The van der Waals surface area contributed by atoms with Crippen LogP contribution in [0.2, 0.25) is 0 Å². The van der Waals surface area contributed by atoms with E-state index < -0.39 is 0 Å². The van der Waals surface area contributed by atoms with Gasteiger partial charge in [0.1, 0.15) is 6.07 Å². The Morgan fingerprint density at radius 1 is 1.41 bits per heavy atom. The van der Waals surface area contributed by atoms with Gasteiger partial charge in [-0.15, -0.1) is 5.10 Å². The lowest BCUT2D eigenvalue weighted by Gasteiger charge is -2.07. The highest BCUT2D eigenvalue weighted by atomic mass is 15.4. The molecule has 0 radical (unpaired) electrons. The van der Waals surface area contributed by atoms with Gasteiger partial charge < -0.3 is 10.6 Å². The molecule has 1 atom stereocenters. The molecule has 8 nitrogen and oxygen atoms in total. The maximum Gasteiger partial charge on any atom is 0.243 e. The molecule has 22 heavy (non-hydrogen) atoms. The lowest BCUT2D eigenvalue weighted by molar-refractivity contribution is 0.778. The fourth-order valence-electron chi connectivity index (χ4n) is 2.71. The van der Waals surface area contributed by atoms with Gasteiger partial charge in [-0.25, -0.2) is 4.52 Å². The summed E-state index contributed by atoms with van der Waals surface area (Å²) in [6, 6.07) is 6.27. The number of anilines is 1. The molecule has 0 saturated carbocycles. The molecular weight excluding hydrogens is 280 g/mol. The minimum Gasteiger partial charge on any atom is -0.349 e. The van der Waals surface area contributed by atoms with Crippen molar-refractivity contribution >= 4 is 11.6 Å². The number of hydrogen-bond acceptors (Lipinski definition) is 6. The van der Waals surface area contributed by atoms with Gasteiger partial charge in [-0.3, -0.25) is 5.10 Å². The molecule has 4 heterocycles. The molecule has 3 aromatic heterocycles. The molecule has 1 aliphatic heterocycles. The number of aromatic amines is 1. The maximum atomic E-state index is 9.51. The topological polar surface area (TPSA) is 107 Å². The summed E-state index contributed by atoms with van der Waals surface area (Å²) in [7, 11) is 0. The molecule has 1 aliphatic rings. The normalized spacial score (nSPS) is 17.7. The summed E-state index contributed by atoms with van der Waals surface area (Å²) >= 11 is 0. The van der Waals surface area contributed by atoms with Crippen LogP contribution in [0.3, 0.4) is 0 Å². The van der Waals surface area contributed by atoms with Crippen LogP contribution in [-0.2, 0) is 0 Å². The van der Waals surface area contributed by atoms with E-state index in [0.29, 0.717) is 23.3 Å². The van der Waals surface area contributed by atoms with E-state index in [1.165, 1.54) is 0 Å². The molecule has 8 heteroatoms. The highest BCUT2D eigenvalue weighted by molar-refractivity contribution is 5.70. The predicted molar refractivity (Wildman–Crippen MR) is 80.2 cm³/mol. The molecule has 3 aromatic rings. The van der Waals surface area contributed by atoms with Gasteiger partial charge in [-0.1, -0.05) is 0 Å². The van der Waals surface area contributed by atoms with Gasteiger partial charge in [-0.05, 0) is 25.1 Å². The van der Waals surface area contributed by atoms with Crippen LogP contribution in [0.4, 0.5) is 5.95 Å². The van der Waals surface area contributed by atoms with Crippen LogP contribution in [0.15, 0.2) is 24.5 Å². The second kappa shape index (κ2) is 5.13. The van der Waals surface area contributed by atoms with Crippen LogP contribution < -0.4 is 10.6 Å². The smallest absolute Gasteiger partial charge is 0.243 e. The fraction of sp³-hybridized carbons (Fsp3) is 0.286. The number of nitrogens with zero attached hydrogens (tertiary/aromatic N) is 5. The molecule has 0 aromatic carbocycles. The number of nitriles is 1. The monoisotopic (exact) mass is 294 g/mol. The van der Waals surface area contributed by atoms with Crippen LogP contribution in [0, 0.1) is 11.3 Å². The van der Waals surface area contributed by atoms with Gasteiger partial charge in [0.25, 0.3) is 0 Å². The third-order valence-corrected chi connectivity index (χ3v) is 3.81. The Balaban J connectivity index is 1.77. The molecule has 0 aliphatic carbocycles. The number of fused-ring (bicyclic) bond motifs is 1. The maximum absolute atomic E-state index is 9.51. The number of rotatable bonds is 3. The summed E-state index contributed by atoms with van der Waals surface area (Å²) in [5.41, 5.74) is 2.73. The SMILES string of the molecule is N#Cc1c(-c2cn[nH]c2)ccc2nc(NC3CCNC3)nn12. The van der Waals surface area contributed by atoms with Crippen molar-refractivity contribution in [2.24, 2.45) is 0 Å². The van der Waals surface area contributed by atoms with Crippen molar-refractivity contribution in [1.29, 1.82) is 5.26 Å². The van der Waals surface area contributed by atoms with Gasteiger partial charge in [0.05, 0.1) is 6.20 Å². The van der Waals surface area contributed by atoms with Crippen molar-refractivity contribution < 1.29 is 0 Å². The van der Waals surface area contributed by atoms with E-state index in [1.54, 1.807) is 16.9 Å². The summed E-state index contributed by atoms with van der Waals surface area (Å²) in [5.74, 6) is 0.551. The molecule has 1 fully saturated rings. The molecule has 0 amide bonds. The quantitative estimate of drug-likeness (QED) is 0.658. The van der Waals surface area contributed by atoms with Crippen LogP contribution >= 0.6 is 0 Å². The molecule has 1 saturated heterocycles. The van der Waals surface area contributed by atoms with E-state index in [4.69, 9.17) is 0 Å². The van der Waals surface area contributed by atoms with E-state index in [-0.39, 0.29) is 0 Å². The van der Waals surface area contributed by atoms with Gasteiger partial charge in [0.2, 0.25) is 5.95 Å². The zero-order valence-electron chi connectivity index (χ0n) is 11.7. The average molecular weight is 294 g/mol. The third kappa shape index (κ3) is 2.08. The van der Waals surface area contributed by atoms with Gasteiger partial charge >= 0.3 is 0 Å². The molecule has 0 bridgehead atoms. The van der Waals surface area contributed by atoms with E-state index in [9.17, 15) is 5.26 Å². The van der Waals surface area contributed by atoms with Crippen molar-refractivity contribution in [3.05, 3.63) is 30.2 Å². The third-order valence-electron chi connectivity index (χ3n) is 3.81. The first kappa shape index (κ1) is 12.8. The largest absolute Gasteiger partial charge is 0.349 e. The van der Waals surface area contributed by atoms with Crippen LogP contribution in [0.1, 0.15) is 12.1 Å². The minimum absolute atomic E-state index is 0.330. The number of nitrogens with one attached hydrogen (secondary N) is 3. The fourth-order valence-corrected chi connectivity index (χ4v) is 2.71. The average Bonchev–Trinajstić information content (AvgIpc) is 3.27. The zero-order valence-corrected chi connectivity index (χ0v) is 11.7. The lowest BCUT2D eigenvalue weighted by Crippen LogP contribution is -2.22. The second-order valence-electron chi connectivity index (χ2n) is 5.23. The molecule has 0 spiro atoms. The first-order valence-corrected chi connectivity index (χ1v) is 7.11. The van der Waals surface area contributed by atoms with E-state index in [1.807, 2.05) is 12.1 Å². The van der Waals surface area contributed by atoms with Crippen LogP contribution in [-0.4, -0.2) is 43.9 Å². The van der Waals surface area contributed by atoms with E-state index in [2.05, 4.69) is 37.0 Å². The lowest BCUT2D eigenvalue weighted by atomic mass is 10.1. The Morgan fingerprint density at radius 3 is 3.09 bits per heavy atom. The van der Waals surface area contributed by atoms with Crippen LogP contribution in [0.5, 0.6) is 0 Å². The Kier molecular flexibility index (Phi) is 2.98. The molecule has 1 unspecified atom stereocenters. The van der Waals surface area contributed by atoms with Crippen molar-refractivity contribution in [3.63, 3.8) is 0 Å².